The van der Waals surface area contributed by atoms with Crippen molar-refractivity contribution in [2.45, 2.75) is 32.3 Å². The molecule has 0 amide bonds. The fraction of sp³-hybridized carbons (Fsp3) is 1.00. The Kier molecular flexibility index (Phi) is 4.22. The summed E-state index contributed by atoms with van der Waals surface area (Å²) in [6, 6.07) is 0.350. The Morgan fingerprint density at radius 2 is 1.83 bits per heavy atom. The van der Waals surface area contributed by atoms with E-state index < -0.39 is 14.9 Å². The van der Waals surface area contributed by atoms with Crippen LogP contribution < -0.4 is 0 Å². The molecule has 12 heavy (non-hydrogen) atoms. The summed E-state index contributed by atoms with van der Waals surface area (Å²) >= 11 is 0. The highest BCUT2D eigenvalue weighted by atomic mass is 28.4. The van der Waals surface area contributed by atoms with Crippen LogP contribution in [-0.2, 0) is 8.85 Å². The van der Waals surface area contributed by atoms with Gasteiger partial charge in [-0.15, -0.1) is 13.2 Å². The second kappa shape index (κ2) is 4.24. The van der Waals surface area contributed by atoms with Gasteiger partial charge in [-0.1, -0.05) is 13.3 Å². The summed E-state index contributed by atoms with van der Waals surface area (Å²) in [4.78, 5) is 0. The van der Waals surface area contributed by atoms with E-state index in [0.717, 1.165) is 0 Å². The molecule has 0 aromatic carbocycles. The molecular formula is C6H13F3O2Si. The monoisotopic (exact) mass is 202 g/mol. The topological polar surface area (TPSA) is 18.5 Å². The largest absolute Gasteiger partial charge is 0.514 e. The second-order valence-corrected chi connectivity index (χ2v) is 6.02. The van der Waals surface area contributed by atoms with Crippen molar-refractivity contribution in [2.24, 2.45) is 0 Å². The van der Waals surface area contributed by atoms with Gasteiger partial charge in [-0.3, -0.25) is 0 Å². The van der Waals surface area contributed by atoms with E-state index in [1.165, 1.54) is 13.7 Å². The summed E-state index contributed by atoms with van der Waals surface area (Å²) in [6.45, 7) is 3.20. The molecule has 0 fully saturated rings. The maximum absolute atomic E-state index is 11.8. The summed E-state index contributed by atoms with van der Waals surface area (Å²) < 4.78 is 44.1. The standard InChI is InChI=1S/C6H13F3O2Si/c1-4-5-12(3,10-2)11-6(7,8)9/h4-5H2,1-3H3. The molecule has 6 heteroatoms. The molecule has 0 saturated carbocycles. The van der Waals surface area contributed by atoms with Crippen LogP contribution in [0.15, 0.2) is 0 Å². The SMILES string of the molecule is CCC[Si](C)(OC)OC(F)(F)F. The van der Waals surface area contributed by atoms with Crippen molar-refractivity contribution in [3.63, 3.8) is 0 Å². The van der Waals surface area contributed by atoms with Crippen LogP contribution >= 0.6 is 0 Å². The van der Waals surface area contributed by atoms with Crippen molar-refractivity contribution in [2.75, 3.05) is 7.11 Å². The van der Waals surface area contributed by atoms with Gasteiger partial charge < -0.3 is 8.85 Å². The van der Waals surface area contributed by atoms with E-state index in [1.807, 2.05) is 0 Å². The Hall–Kier alpha value is -0.0731. The van der Waals surface area contributed by atoms with Crippen molar-refractivity contribution in [1.82, 2.24) is 0 Å². The highest BCUT2D eigenvalue weighted by Crippen LogP contribution is 2.26. The fourth-order valence-corrected chi connectivity index (χ4v) is 2.68. The first-order valence-corrected chi connectivity index (χ1v) is 6.17. The van der Waals surface area contributed by atoms with E-state index in [4.69, 9.17) is 4.43 Å². The van der Waals surface area contributed by atoms with Crippen LogP contribution in [-0.4, -0.2) is 22.0 Å². The third-order valence-corrected chi connectivity index (χ3v) is 4.40. The summed E-state index contributed by atoms with van der Waals surface area (Å²) in [5, 5.41) is 0. The fourth-order valence-electron chi connectivity index (χ4n) is 0.894. The zero-order valence-corrected chi connectivity index (χ0v) is 8.36. The number of hydrogen-bond acceptors (Lipinski definition) is 2. The van der Waals surface area contributed by atoms with E-state index in [2.05, 4.69) is 4.43 Å². The van der Waals surface area contributed by atoms with Crippen LogP contribution in [0, 0.1) is 0 Å². The van der Waals surface area contributed by atoms with Gasteiger partial charge in [0.2, 0.25) is 0 Å². The average Bonchev–Trinajstić information content (AvgIpc) is 1.84. The molecule has 0 aromatic heterocycles. The Morgan fingerprint density at radius 1 is 1.33 bits per heavy atom. The average molecular weight is 202 g/mol. The normalized spacial score (nSPS) is 17.5. The molecular weight excluding hydrogens is 189 g/mol. The molecule has 0 radical (unpaired) electrons. The maximum Gasteiger partial charge on any atom is 0.514 e. The summed E-state index contributed by atoms with van der Waals surface area (Å²) in [7, 11) is -1.73. The van der Waals surface area contributed by atoms with Gasteiger partial charge in [0.25, 0.3) is 0 Å². The lowest BCUT2D eigenvalue weighted by Gasteiger charge is -2.25. The maximum atomic E-state index is 11.8. The predicted octanol–water partition coefficient (Wildman–Crippen LogP) is 2.65. The Balaban J connectivity index is 4.14. The number of rotatable bonds is 4. The van der Waals surface area contributed by atoms with Gasteiger partial charge in [-0.2, -0.15) is 0 Å². The molecule has 0 aliphatic carbocycles. The van der Waals surface area contributed by atoms with Crippen LogP contribution in [0.2, 0.25) is 12.6 Å². The zero-order chi connectivity index (χ0) is 9.83. The number of hydrogen-bond donors (Lipinski definition) is 0. The van der Waals surface area contributed by atoms with E-state index in [9.17, 15) is 13.2 Å². The van der Waals surface area contributed by atoms with E-state index in [1.54, 1.807) is 6.92 Å². The van der Waals surface area contributed by atoms with Crippen molar-refractivity contribution < 1.29 is 22.0 Å². The molecule has 0 aromatic rings. The van der Waals surface area contributed by atoms with Crippen LogP contribution in [0.1, 0.15) is 13.3 Å². The van der Waals surface area contributed by atoms with E-state index in [0.29, 0.717) is 12.5 Å². The molecule has 0 saturated heterocycles. The first-order chi connectivity index (χ1) is 5.33. The molecule has 74 valence electrons. The van der Waals surface area contributed by atoms with Crippen molar-refractivity contribution >= 4 is 8.56 Å². The molecule has 1 unspecified atom stereocenters. The van der Waals surface area contributed by atoms with Gasteiger partial charge in [0.1, 0.15) is 0 Å². The van der Waals surface area contributed by atoms with Gasteiger partial charge in [0.05, 0.1) is 0 Å². The Bertz CT molecular complexity index is 139. The summed E-state index contributed by atoms with van der Waals surface area (Å²) in [5.74, 6) is 0. The molecule has 2 nitrogen and oxygen atoms in total. The van der Waals surface area contributed by atoms with Crippen molar-refractivity contribution in [3.8, 4) is 0 Å². The lowest BCUT2D eigenvalue weighted by atomic mass is 10.6. The molecule has 1 atom stereocenters. The van der Waals surface area contributed by atoms with Gasteiger partial charge in [-0.25, -0.2) is 0 Å². The Labute approximate surface area is 70.9 Å². The van der Waals surface area contributed by atoms with Crippen LogP contribution in [0.3, 0.4) is 0 Å². The predicted molar refractivity (Wildman–Crippen MR) is 40.9 cm³/mol. The number of halogens is 3. The first kappa shape index (κ1) is 11.9. The van der Waals surface area contributed by atoms with Crippen LogP contribution in [0.25, 0.3) is 0 Å². The van der Waals surface area contributed by atoms with Gasteiger partial charge in [0.15, 0.2) is 0 Å². The molecule has 0 heterocycles. The number of alkyl halides is 3. The van der Waals surface area contributed by atoms with Crippen LogP contribution in [0.4, 0.5) is 13.2 Å². The summed E-state index contributed by atoms with van der Waals surface area (Å²) in [5.41, 5.74) is 0. The lowest BCUT2D eigenvalue weighted by molar-refractivity contribution is -0.287. The second-order valence-electron chi connectivity index (χ2n) is 2.64. The minimum absolute atomic E-state index is 0.350. The molecule has 0 spiro atoms. The van der Waals surface area contributed by atoms with Crippen molar-refractivity contribution in [3.05, 3.63) is 0 Å². The zero-order valence-electron chi connectivity index (χ0n) is 7.36. The minimum Gasteiger partial charge on any atom is -0.398 e. The Morgan fingerprint density at radius 3 is 2.08 bits per heavy atom. The first-order valence-electron chi connectivity index (χ1n) is 3.65. The molecule has 0 rings (SSSR count). The highest BCUT2D eigenvalue weighted by molar-refractivity contribution is 6.66. The van der Waals surface area contributed by atoms with Gasteiger partial charge in [-0.05, 0) is 12.6 Å². The quantitative estimate of drug-likeness (QED) is 0.652. The molecule has 0 aliphatic rings. The molecule has 0 bridgehead atoms. The molecule has 0 N–H and O–H groups in total. The summed E-state index contributed by atoms with van der Waals surface area (Å²) in [6.07, 6.45) is -3.95. The van der Waals surface area contributed by atoms with E-state index >= 15 is 0 Å². The van der Waals surface area contributed by atoms with Gasteiger partial charge in [0, 0.05) is 7.11 Å². The smallest absolute Gasteiger partial charge is 0.398 e. The van der Waals surface area contributed by atoms with E-state index in [-0.39, 0.29) is 0 Å². The van der Waals surface area contributed by atoms with Crippen molar-refractivity contribution in [1.29, 1.82) is 0 Å². The highest BCUT2D eigenvalue weighted by Gasteiger charge is 2.42. The van der Waals surface area contributed by atoms with Crippen LogP contribution in [0.5, 0.6) is 0 Å². The minimum atomic E-state index is -4.58. The third-order valence-electron chi connectivity index (χ3n) is 1.47. The lowest BCUT2D eigenvalue weighted by Crippen LogP contribution is -2.42. The van der Waals surface area contributed by atoms with Gasteiger partial charge >= 0.3 is 14.9 Å². The third kappa shape index (κ3) is 4.73. The molecule has 0 aliphatic heterocycles.